The zero-order chi connectivity index (χ0) is 20.9. The molecule has 0 aliphatic heterocycles. The van der Waals surface area contributed by atoms with Crippen molar-refractivity contribution in [3.63, 3.8) is 0 Å². The minimum absolute atomic E-state index is 0.00404. The third kappa shape index (κ3) is 5.92. The Labute approximate surface area is 169 Å². The van der Waals surface area contributed by atoms with Crippen LogP contribution in [0.3, 0.4) is 0 Å². The number of amides is 2. The van der Waals surface area contributed by atoms with Gasteiger partial charge >= 0.3 is 6.03 Å². The van der Waals surface area contributed by atoms with E-state index in [9.17, 15) is 17.6 Å². The van der Waals surface area contributed by atoms with Crippen LogP contribution in [0.1, 0.15) is 25.0 Å². The number of nitrogens with one attached hydrogen (secondary N) is 2. The molecule has 0 radical (unpaired) electrons. The Morgan fingerprint density at radius 2 is 1.89 bits per heavy atom. The molecule has 0 heterocycles. The van der Waals surface area contributed by atoms with E-state index in [2.05, 4.69) is 10.0 Å². The highest BCUT2D eigenvalue weighted by atomic mass is 35.5. The fraction of sp³-hybridized carbons (Fsp3) is 0.316. The number of urea groups is 1. The van der Waals surface area contributed by atoms with Crippen LogP contribution in [0.25, 0.3) is 0 Å². The molecule has 0 aliphatic carbocycles. The second-order valence-electron chi connectivity index (χ2n) is 6.64. The van der Waals surface area contributed by atoms with Crippen molar-refractivity contribution >= 4 is 27.7 Å². The van der Waals surface area contributed by atoms with Gasteiger partial charge < -0.3 is 10.2 Å². The minimum Gasteiger partial charge on any atom is -0.334 e. The first-order valence-corrected chi connectivity index (χ1v) is 10.5. The zero-order valence-electron chi connectivity index (χ0n) is 15.9. The first-order chi connectivity index (χ1) is 13.1. The fourth-order valence-corrected chi connectivity index (χ4v) is 4.05. The summed E-state index contributed by atoms with van der Waals surface area (Å²) in [5.74, 6) is -0.484. The van der Waals surface area contributed by atoms with Crippen LogP contribution in [-0.4, -0.2) is 32.4 Å². The summed E-state index contributed by atoms with van der Waals surface area (Å²) in [7, 11) is -2.10. The molecule has 2 N–H and O–H groups in total. The normalized spacial score (nSPS) is 11.5. The van der Waals surface area contributed by atoms with E-state index in [-0.39, 0.29) is 34.6 Å². The molecule has 2 aromatic rings. The van der Waals surface area contributed by atoms with Crippen molar-refractivity contribution in [2.45, 2.75) is 37.9 Å². The average Bonchev–Trinajstić information content (AvgIpc) is 2.62. The molecule has 2 rings (SSSR count). The Balaban J connectivity index is 2.02. The van der Waals surface area contributed by atoms with Crippen molar-refractivity contribution in [2.24, 2.45) is 0 Å². The lowest BCUT2D eigenvalue weighted by atomic mass is 10.2. The second-order valence-corrected chi connectivity index (χ2v) is 8.76. The van der Waals surface area contributed by atoms with Crippen molar-refractivity contribution in [3.05, 3.63) is 64.4 Å². The van der Waals surface area contributed by atoms with Crippen molar-refractivity contribution < 1.29 is 17.6 Å². The summed E-state index contributed by atoms with van der Waals surface area (Å²) in [6, 6.07) is 9.98. The van der Waals surface area contributed by atoms with Gasteiger partial charge in [0.25, 0.3) is 0 Å². The number of benzene rings is 2. The van der Waals surface area contributed by atoms with Gasteiger partial charge in [-0.05, 0) is 43.7 Å². The average molecular weight is 428 g/mol. The van der Waals surface area contributed by atoms with E-state index < -0.39 is 21.9 Å². The van der Waals surface area contributed by atoms with E-state index in [0.717, 1.165) is 0 Å². The van der Waals surface area contributed by atoms with Crippen molar-refractivity contribution in [3.8, 4) is 0 Å². The molecule has 9 heteroatoms. The summed E-state index contributed by atoms with van der Waals surface area (Å²) in [5.41, 5.74) is 0.854. The van der Waals surface area contributed by atoms with Gasteiger partial charge in [0.2, 0.25) is 10.0 Å². The number of nitrogens with zero attached hydrogens (tertiary/aromatic N) is 1. The van der Waals surface area contributed by atoms with Crippen molar-refractivity contribution in [1.29, 1.82) is 0 Å². The highest BCUT2D eigenvalue weighted by Crippen LogP contribution is 2.20. The highest BCUT2D eigenvalue weighted by molar-refractivity contribution is 7.89. The molecule has 0 unspecified atom stereocenters. The van der Waals surface area contributed by atoms with Gasteiger partial charge in [-0.15, -0.1) is 0 Å². The number of hydrogen-bond donors (Lipinski definition) is 2. The molecule has 28 heavy (non-hydrogen) atoms. The van der Waals surface area contributed by atoms with Gasteiger partial charge in [-0.1, -0.05) is 29.8 Å². The molecule has 0 saturated heterocycles. The largest absolute Gasteiger partial charge is 0.334 e. The Kier molecular flexibility index (Phi) is 7.40. The zero-order valence-corrected chi connectivity index (χ0v) is 17.4. The first kappa shape index (κ1) is 22.1. The molecule has 0 bridgehead atoms. The lowest BCUT2D eigenvalue weighted by molar-refractivity contribution is 0.206. The van der Waals surface area contributed by atoms with Gasteiger partial charge in [0.15, 0.2) is 0 Å². The van der Waals surface area contributed by atoms with Gasteiger partial charge in [-0.2, -0.15) is 0 Å². The van der Waals surface area contributed by atoms with E-state index in [1.807, 2.05) is 0 Å². The molecule has 0 aliphatic rings. The van der Waals surface area contributed by atoms with Crippen LogP contribution >= 0.6 is 11.6 Å². The van der Waals surface area contributed by atoms with Gasteiger partial charge in [0, 0.05) is 30.2 Å². The smallest absolute Gasteiger partial charge is 0.317 e. The topological polar surface area (TPSA) is 78.5 Å². The third-order valence-corrected chi connectivity index (χ3v) is 5.86. The summed E-state index contributed by atoms with van der Waals surface area (Å²) in [4.78, 5) is 13.7. The monoisotopic (exact) mass is 427 g/mol. The maximum Gasteiger partial charge on any atom is 0.317 e. The van der Waals surface area contributed by atoms with Crippen LogP contribution in [0, 0.1) is 5.82 Å². The van der Waals surface area contributed by atoms with E-state index in [1.165, 1.54) is 36.2 Å². The molecule has 2 aromatic carbocycles. The Bertz CT molecular complexity index is 931. The number of rotatable bonds is 7. The third-order valence-electron chi connectivity index (χ3n) is 3.85. The highest BCUT2D eigenvalue weighted by Gasteiger charge is 2.17. The second kappa shape index (κ2) is 9.36. The lowest BCUT2D eigenvalue weighted by Gasteiger charge is -2.19. The maximum absolute atomic E-state index is 13.9. The predicted octanol–water partition coefficient (Wildman–Crippen LogP) is 3.51. The van der Waals surface area contributed by atoms with E-state index in [0.29, 0.717) is 5.56 Å². The summed E-state index contributed by atoms with van der Waals surface area (Å²) in [6.45, 7) is 3.60. The number of hydrogen-bond acceptors (Lipinski definition) is 3. The molecule has 0 aromatic heterocycles. The Morgan fingerprint density at radius 1 is 1.21 bits per heavy atom. The molecule has 0 spiro atoms. The van der Waals surface area contributed by atoms with Crippen LogP contribution in [0.5, 0.6) is 0 Å². The fourth-order valence-electron chi connectivity index (χ4n) is 2.51. The SMILES string of the molecule is CC(C)NS(=O)(=O)c1cccc(CNC(=O)N(C)Cc2c(F)cccc2Cl)c1. The lowest BCUT2D eigenvalue weighted by Crippen LogP contribution is -2.36. The van der Waals surface area contributed by atoms with Gasteiger partial charge in [0.05, 0.1) is 11.4 Å². The van der Waals surface area contributed by atoms with Crippen molar-refractivity contribution in [2.75, 3.05) is 7.05 Å². The molecular formula is C19H23ClFN3O3S. The quantitative estimate of drug-likeness (QED) is 0.709. The summed E-state index contributed by atoms with van der Waals surface area (Å²) < 4.78 is 40.9. The van der Waals surface area contributed by atoms with E-state index in [1.54, 1.807) is 32.0 Å². The van der Waals surface area contributed by atoms with Crippen LogP contribution in [0.4, 0.5) is 9.18 Å². The summed E-state index contributed by atoms with van der Waals surface area (Å²) in [6.07, 6.45) is 0. The van der Waals surface area contributed by atoms with Gasteiger partial charge in [-0.25, -0.2) is 22.3 Å². The molecule has 0 fully saturated rings. The molecule has 0 atom stereocenters. The van der Waals surface area contributed by atoms with Crippen LogP contribution in [0.15, 0.2) is 47.4 Å². The number of halogens is 2. The minimum atomic E-state index is -3.62. The molecule has 152 valence electrons. The van der Waals surface area contributed by atoms with Crippen LogP contribution in [0.2, 0.25) is 5.02 Å². The summed E-state index contributed by atoms with van der Waals surface area (Å²) in [5, 5.41) is 2.93. The van der Waals surface area contributed by atoms with Crippen LogP contribution in [-0.2, 0) is 23.1 Å². The molecule has 0 saturated carbocycles. The standard InChI is InChI=1S/C19H23ClFN3O3S/c1-13(2)23-28(26,27)15-7-4-6-14(10-15)11-22-19(25)24(3)12-16-17(20)8-5-9-18(16)21/h4-10,13,23H,11-12H2,1-3H3,(H,22,25). The maximum atomic E-state index is 13.9. The Morgan fingerprint density at radius 3 is 2.54 bits per heavy atom. The van der Waals surface area contributed by atoms with Gasteiger partial charge in [0.1, 0.15) is 5.82 Å². The number of sulfonamides is 1. The number of carbonyl (C=O) groups is 1. The van der Waals surface area contributed by atoms with Crippen LogP contribution < -0.4 is 10.0 Å². The molecule has 6 nitrogen and oxygen atoms in total. The Hall–Kier alpha value is -2.16. The van der Waals surface area contributed by atoms with Gasteiger partial charge in [-0.3, -0.25) is 0 Å². The first-order valence-electron chi connectivity index (χ1n) is 8.63. The van der Waals surface area contributed by atoms with E-state index in [4.69, 9.17) is 11.6 Å². The predicted molar refractivity (Wildman–Crippen MR) is 107 cm³/mol. The molecular weight excluding hydrogens is 405 g/mol. The van der Waals surface area contributed by atoms with Crippen molar-refractivity contribution in [1.82, 2.24) is 14.9 Å². The molecule has 2 amide bonds. The van der Waals surface area contributed by atoms with E-state index >= 15 is 0 Å². The number of carbonyl (C=O) groups excluding carboxylic acids is 1. The summed E-state index contributed by atoms with van der Waals surface area (Å²) >= 11 is 5.99.